The maximum Gasteiger partial charge on any atom is 0.273 e. The Hall–Kier alpha value is -2.31. The van der Waals surface area contributed by atoms with Gasteiger partial charge in [-0.2, -0.15) is 0 Å². The first-order valence-corrected chi connectivity index (χ1v) is 5.58. The molecule has 18 heavy (non-hydrogen) atoms. The summed E-state index contributed by atoms with van der Waals surface area (Å²) in [6, 6.07) is 4.51. The molecule has 0 radical (unpaired) electrons. The number of rotatable bonds is 7. The van der Waals surface area contributed by atoms with Crippen LogP contribution in [0.25, 0.3) is 0 Å². The Kier molecular flexibility index (Phi) is 4.91. The third-order valence-electron chi connectivity index (χ3n) is 2.17. The molecule has 1 aromatic carbocycles. The standard InChI is InChI=1S/C11H16N4O3/c1-2-3-13-8-4-9(14-7-11(12)16)6-10(5-8)15(17)18/h4-6,13-14H,2-3,7H2,1H3,(H2,12,16). The van der Waals surface area contributed by atoms with Gasteiger partial charge in [0, 0.05) is 30.1 Å². The van der Waals surface area contributed by atoms with Gasteiger partial charge in [-0.15, -0.1) is 0 Å². The average molecular weight is 252 g/mol. The highest BCUT2D eigenvalue weighted by atomic mass is 16.6. The molecular weight excluding hydrogens is 236 g/mol. The van der Waals surface area contributed by atoms with Gasteiger partial charge in [-0.05, 0) is 12.5 Å². The van der Waals surface area contributed by atoms with Gasteiger partial charge in [0.15, 0.2) is 0 Å². The quantitative estimate of drug-likeness (QED) is 0.500. The van der Waals surface area contributed by atoms with E-state index >= 15 is 0 Å². The molecule has 0 aliphatic heterocycles. The number of amides is 1. The second kappa shape index (κ2) is 6.43. The minimum absolute atomic E-state index is 0.0388. The van der Waals surface area contributed by atoms with Gasteiger partial charge in [0.05, 0.1) is 11.5 Å². The minimum atomic E-state index is -0.524. The lowest BCUT2D eigenvalue weighted by atomic mass is 10.2. The zero-order chi connectivity index (χ0) is 13.5. The van der Waals surface area contributed by atoms with E-state index < -0.39 is 10.8 Å². The van der Waals surface area contributed by atoms with E-state index in [0.717, 1.165) is 13.0 Å². The van der Waals surface area contributed by atoms with Crippen LogP contribution in [0.15, 0.2) is 18.2 Å². The van der Waals surface area contributed by atoms with Crippen LogP contribution >= 0.6 is 0 Å². The SMILES string of the molecule is CCCNc1cc(NCC(N)=O)cc([N+](=O)[O-])c1. The molecule has 0 aliphatic rings. The smallest absolute Gasteiger partial charge is 0.273 e. The minimum Gasteiger partial charge on any atom is -0.385 e. The molecule has 0 saturated carbocycles. The predicted molar refractivity (Wildman–Crippen MR) is 69.6 cm³/mol. The summed E-state index contributed by atoms with van der Waals surface area (Å²) in [6.07, 6.45) is 0.909. The van der Waals surface area contributed by atoms with E-state index in [-0.39, 0.29) is 12.2 Å². The van der Waals surface area contributed by atoms with Crippen LogP contribution in [0, 0.1) is 10.1 Å². The fourth-order valence-electron chi connectivity index (χ4n) is 1.38. The molecule has 0 atom stereocenters. The highest BCUT2D eigenvalue weighted by Crippen LogP contribution is 2.24. The van der Waals surface area contributed by atoms with Gasteiger partial charge >= 0.3 is 0 Å². The predicted octanol–water partition coefficient (Wildman–Crippen LogP) is 1.31. The molecule has 0 unspecified atom stereocenters. The largest absolute Gasteiger partial charge is 0.385 e. The lowest BCUT2D eigenvalue weighted by Gasteiger charge is -2.09. The van der Waals surface area contributed by atoms with E-state index in [9.17, 15) is 14.9 Å². The van der Waals surface area contributed by atoms with Crippen LogP contribution in [0.3, 0.4) is 0 Å². The molecule has 0 saturated heterocycles. The van der Waals surface area contributed by atoms with Crippen molar-refractivity contribution in [1.29, 1.82) is 0 Å². The fourth-order valence-corrected chi connectivity index (χ4v) is 1.38. The number of hydrogen-bond donors (Lipinski definition) is 3. The van der Waals surface area contributed by atoms with E-state index in [2.05, 4.69) is 10.6 Å². The molecular formula is C11H16N4O3. The van der Waals surface area contributed by atoms with Crippen LogP contribution in [-0.2, 0) is 4.79 Å². The third-order valence-corrected chi connectivity index (χ3v) is 2.17. The van der Waals surface area contributed by atoms with Crippen molar-refractivity contribution >= 4 is 23.0 Å². The number of nitro benzene ring substituents is 1. The lowest BCUT2D eigenvalue weighted by molar-refractivity contribution is -0.384. The Morgan fingerprint density at radius 2 is 1.94 bits per heavy atom. The maximum atomic E-state index is 10.8. The first kappa shape index (κ1) is 13.8. The van der Waals surface area contributed by atoms with Crippen molar-refractivity contribution in [3.8, 4) is 0 Å². The first-order chi connectivity index (χ1) is 8.52. The fraction of sp³-hybridized carbons (Fsp3) is 0.364. The van der Waals surface area contributed by atoms with E-state index in [1.54, 1.807) is 6.07 Å². The van der Waals surface area contributed by atoms with Crippen molar-refractivity contribution in [2.75, 3.05) is 23.7 Å². The number of nitrogens with zero attached hydrogens (tertiary/aromatic N) is 1. The Bertz CT molecular complexity index is 448. The summed E-state index contributed by atoms with van der Waals surface area (Å²) in [4.78, 5) is 21.0. The summed E-state index contributed by atoms with van der Waals surface area (Å²) < 4.78 is 0. The van der Waals surface area contributed by atoms with Crippen molar-refractivity contribution in [1.82, 2.24) is 0 Å². The molecule has 1 rings (SSSR count). The second-order valence-corrected chi connectivity index (χ2v) is 3.77. The van der Waals surface area contributed by atoms with Crippen molar-refractivity contribution < 1.29 is 9.72 Å². The number of nitrogens with one attached hydrogen (secondary N) is 2. The van der Waals surface area contributed by atoms with Gasteiger partial charge in [0.25, 0.3) is 5.69 Å². The Morgan fingerprint density at radius 1 is 1.33 bits per heavy atom. The molecule has 1 aromatic rings. The van der Waals surface area contributed by atoms with E-state index in [1.165, 1.54) is 12.1 Å². The molecule has 0 bridgehead atoms. The van der Waals surface area contributed by atoms with Crippen molar-refractivity contribution in [3.63, 3.8) is 0 Å². The lowest BCUT2D eigenvalue weighted by Crippen LogP contribution is -2.21. The molecule has 1 amide bonds. The van der Waals surface area contributed by atoms with Crippen LogP contribution in [0.4, 0.5) is 17.1 Å². The molecule has 0 aliphatic carbocycles. The van der Waals surface area contributed by atoms with Gasteiger partial charge in [0.1, 0.15) is 0 Å². The number of nitro groups is 1. The summed E-state index contributed by atoms with van der Waals surface area (Å²) in [7, 11) is 0. The van der Waals surface area contributed by atoms with Gasteiger partial charge in [-0.25, -0.2) is 0 Å². The molecule has 0 spiro atoms. The number of carbonyl (C=O) groups is 1. The van der Waals surface area contributed by atoms with E-state index in [4.69, 9.17) is 5.73 Å². The number of benzene rings is 1. The zero-order valence-corrected chi connectivity index (χ0v) is 10.1. The van der Waals surface area contributed by atoms with Crippen LogP contribution in [0.1, 0.15) is 13.3 Å². The summed E-state index contributed by atoms with van der Waals surface area (Å²) >= 11 is 0. The van der Waals surface area contributed by atoms with Crippen LogP contribution in [0.2, 0.25) is 0 Å². The van der Waals surface area contributed by atoms with Gasteiger partial charge < -0.3 is 16.4 Å². The Balaban J connectivity index is 2.90. The molecule has 7 nitrogen and oxygen atoms in total. The normalized spacial score (nSPS) is 9.83. The number of carbonyl (C=O) groups excluding carboxylic acids is 1. The maximum absolute atomic E-state index is 10.8. The van der Waals surface area contributed by atoms with Gasteiger partial charge in [0.2, 0.25) is 5.91 Å². The molecule has 98 valence electrons. The van der Waals surface area contributed by atoms with Crippen molar-refractivity contribution in [2.24, 2.45) is 5.73 Å². The van der Waals surface area contributed by atoms with Crippen LogP contribution in [0.5, 0.6) is 0 Å². The Labute approximate surface area is 105 Å². The van der Waals surface area contributed by atoms with Crippen LogP contribution in [-0.4, -0.2) is 23.9 Å². The number of hydrogen-bond acceptors (Lipinski definition) is 5. The second-order valence-electron chi connectivity index (χ2n) is 3.77. The van der Waals surface area contributed by atoms with Crippen molar-refractivity contribution in [2.45, 2.75) is 13.3 Å². The molecule has 0 aromatic heterocycles. The average Bonchev–Trinajstić information content (AvgIpc) is 2.33. The number of nitrogens with two attached hydrogens (primary N) is 1. The zero-order valence-electron chi connectivity index (χ0n) is 10.1. The topological polar surface area (TPSA) is 110 Å². The number of anilines is 2. The van der Waals surface area contributed by atoms with Gasteiger partial charge in [-0.3, -0.25) is 14.9 Å². The van der Waals surface area contributed by atoms with E-state index in [1.807, 2.05) is 6.92 Å². The molecule has 0 fully saturated rings. The number of primary amides is 1. The molecule has 7 heteroatoms. The summed E-state index contributed by atoms with van der Waals surface area (Å²) in [5, 5.41) is 16.6. The third kappa shape index (κ3) is 4.28. The Morgan fingerprint density at radius 3 is 2.44 bits per heavy atom. The van der Waals surface area contributed by atoms with Gasteiger partial charge in [-0.1, -0.05) is 6.92 Å². The highest BCUT2D eigenvalue weighted by molar-refractivity contribution is 5.79. The summed E-state index contributed by atoms with van der Waals surface area (Å²) in [5.74, 6) is -0.524. The molecule has 4 N–H and O–H groups in total. The monoisotopic (exact) mass is 252 g/mol. The van der Waals surface area contributed by atoms with Crippen LogP contribution < -0.4 is 16.4 Å². The number of non-ortho nitro benzene ring substituents is 1. The first-order valence-electron chi connectivity index (χ1n) is 5.58. The van der Waals surface area contributed by atoms with Crippen molar-refractivity contribution in [3.05, 3.63) is 28.3 Å². The summed E-state index contributed by atoms with van der Waals surface area (Å²) in [6.45, 7) is 2.65. The highest BCUT2D eigenvalue weighted by Gasteiger charge is 2.09. The summed E-state index contributed by atoms with van der Waals surface area (Å²) in [5.41, 5.74) is 6.09. The van der Waals surface area contributed by atoms with E-state index in [0.29, 0.717) is 11.4 Å². The molecule has 0 heterocycles.